The highest BCUT2D eigenvalue weighted by molar-refractivity contribution is 5.99. The van der Waals surface area contributed by atoms with Crippen molar-refractivity contribution in [3.63, 3.8) is 0 Å². The van der Waals surface area contributed by atoms with Gasteiger partial charge in [0, 0.05) is 35.2 Å². The van der Waals surface area contributed by atoms with E-state index in [1.54, 1.807) is 60.9 Å². The fourth-order valence-electron chi connectivity index (χ4n) is 10.5. The average Bonchev–Trinajstić information content (AvgIpc) is 2.80. The Morgan fingerprint density at radius 3 is 1.23 bits per heavy atom. The van der Waals surface area contributed by atoms with E-state index in [0.717, 1.165) is 9.80 Å². The maximum Gasteiger partial charge on any atom is 0.328 e. The molecule has 10 amide bonds. The van der Waals surface area contributed by atoms with E-state index in [1.807, 2.05) is 69.2 Å². The Balaban J connectivity index is 6.87. The van der Waals surface area contributed by atoms with Crippen LogP contribution >= 0.6 is 0 Å². The molecule has 0 aromatic rings. The third-order valence-electron chi connectivity index (χ3n) is 16.1. The van der Waals surface area contributed by atoms with Gasteiger partial charge < -0.3 is 71.7 Å². The molecule has 506 valence electrons. The van der Waals surface area contributed by atoms with Crippen molar-refractivity contribution in [2.45, 2.75) is 242 Å². The van der Waals surface area contributed by atoms with Crippen molar-refractivity contribution in [1.29, 1.82) is 0 Å². The van der Waals surface area contributed by atoms with Gasteiger partial charge in [0.25, 0.3) is 0 Å². The molecule has 0 radical (unpaired) electrons. The van der Waals surface area contributed by atoms with Crippen LogP contribution in [0.15, 0.2) is 12.2 Å². The van der Waals surface area contributed by atoms with Gasteiger partial charge in [0.15, 0.2) is 6.04 Å². The number of nitrogens with one attached hydrogen (secondary N) is 6. The number of nitrogens with zero attached hydrogens (tertiary/aromatic N) is 5. The zero-order chi connectivity index (χ0) is 68.7. The second kappa shape index (κ2) is 38.4. The molecule has 9 N–H and O–H groups in total. The van der Waals surface area contributed by atoms with Crippen molar-refractivity contribution < 1.29 is 68.1 Å². The Hall–Kier alpha value is -6.21. The first-order chi connectivity index (χ1) is 40.6. The van der Waals surface area contributed by atoms with Gasteiger partial charge in [-0.15, -0.1) is 0 Å². The minimum absolute atomic E-state index is 0.0713. The molecule has 25 nitrogen and oxygen atoms in total. The van der Waals surface area contributed by atoms with Crippen molar-refractivity contribution in [3.05, 3.63) is 12.2 Å². The molecule has 0 aromatic heterocycles. The average molecular weight is 1250 g/mol. The zero-order valence-corrected chi connectivity index (χ0v) is 57.5. The number of hydrogen-bond donors (Lipinski definition) is 9. The Bertz CT molecular complexity index is 2350. The number of aliphatic hydroxyl groups is 2. The van der Waals surface area contributed by atoms with Crippen LogP contribution in [0.4, 0.5) is 0 Å². The first-order valence-corrected chi connectivity index (χ1v) is 31.3. The first-order valence-electron chi connectivity index (χ1n) is 31.3. The summed E-state index contributed by atoms with van der Waals surface area (Å²) < 4.78 is 0. The Kier molecular flexibility index (Phi) is 35.7. The second-order valence-electron chi connectivity index (χ2n) is 26.2. The molecule has 88 heavy (non-hydrogen) atoms. The van der Waals surface area contributed by atoms with Gasteiger partial charge in [0.2, 0.25) is 59.1 Å². The number of amides is 10. The molecule has 15 atom stereocenters. The predicted octanol–water partition coefficient (Wildman–Crippen LogP) is 2.51. The molecule has 0 fully saturated rings. The quantitative estimate of drug-likeness (QED) is 0.0401. The summed E-state index contributed by atoms with van der Waals surface area (Å²) in [5.41, 5.74) is 0. The highest BCUT2D eigenvalue weighted by atomic mass is 16.4. The molecule has 0 bridgehead atoms. The number of carbonyl (C=O) groups excluding carboxylic acids is 10. The van der Waals surface area contributed by atoms with Gasteiger partial charge in [-0.05, 0) is 115 Å². The number of carboxylic acids is 1. The van der Waals surface area contributed by atoms with Gasteiger partial charge in [-0.3, -0.25) is 47.9 Å². The van der Waals surface area contributed by atoms with Crippen LogP contribution < -0.4 is 31.9 Å². The number of allylic oxidation sites excluding steroid dienone is 2. The molecule has 0 spiro atoms. The molecule has 0 heterocycles. The summed E-state index contributed by atoms with van der Waals surface area (Å²) in [6.07, 6.45) is 1.86. The fourth-order valence-corrected chi connectivity index (χ4v) is 10.5. The molecular weight excluding hydrogens is 1130 g/mol. The van der Waals surface area contributed by atoms with E-state index < -0.39 is 150 Å². The lowest BCUT2D eigenvalue weighted by molar-refractivity contribution is -0.155. The van der Waals surface area contributed by atoms with Crippen LogP contribution in [0.2, 0.25) is 0 Å². The number of carboxylic acid groups (broad SMARTS) is 1. The molecule has 25 heteroatoms. The summed E-state index contributed by atoms with van der Waals surface area (Å²) in [6, 6.07) is -13.3. The smallest absolute Gasteiger partial charge is 0.328 e. The summed E-state index contributed by atoms with van der Waals surface area (Å²) in [4.78, 5) is 160. The van der Waals surface area contributed by atoms with Gasteiger partial charge in [0.1, 0.15) is 54.4 Å². The highest BCUT2D eigenvalue weighted by Gasteiger charge is 2.45. The van der Waals surface area contributed by atoms with E-state index in [1.165, 1.54) is 63.7 Å². The summed E-state index contributed by atoms with van der Waals surface area (Å²) in [7, 11) is 8.68. The SMILES string of the molecule is C/C=C/C[C@@H](C)[C@@H](O)[C@@H](C(=O)N[C@H](C(=O)O)[C@@H](C)O)N(C)C(=O)[C@H](C(C)C)N(C)C(=O)[C@H](CC(C)C)NC(=O)[C@H](CC(C)C)N(C)C(=O)[C@@H](C)NC(=O)[C@H](C)NC(=O)[C@H](CC(C)C)N(C)C(=O)[C@H](CC(C)C)NC(=O)[C@H](C(C)CC)N(C)C(=O)[C@@H](C)NC. The fraction of sp³-hybridized carbons (Fsp3) is 0.794. The third kappa shape index (κ3) is 24.6. The van der Waals surface area contributed by atoms with Crippen LogP contribution in [0.1, 0.15) is 163 Å². The lowest BCUT2D eigenvalue weighted by Gasteiger charge is -2.40. The van der Waals surface area contributed by atoms with Gasteiger partial charge in [-0.1, -0.05) is 109 Å². The Morgan fingerprint density at radius 1 is 0.432 bits per heavy atom. The summed E-state index contributed by atoms with van der Waals surface area (Å²) >= 11 is 0. The van der Waals surface area contributed by atoms with Crippen LogP contribution in [0, 0.1) is 41.4 Å². The number of hydrogen-bond acceptors (Lipinski definition) is 14. The van der Waals surface area contributed by atoms with Crippen LogP contribution in [-0.4, -0.2) is 226 Å². The highest BCUT2D eigenvalue weighted by Crippen LogP contribution is 2.24. The standard InChI is InChI=1S/C63H115N11O14/c1-25-27-28-39(14)52(76)51(57(81)69-48(43(18)75)63(87)88)74(24)62(86)49(37(11)12)72(22)61(85)45(30-34(5)6)67-55(79)47(32-36(9)10)70(20)59(83)42(17)66-53(77)40(15)65-54(78)46(31-35(7)8)71(21)60(84)44(29-33(3)4)68-56(80)50(38(13)26-2)73(23)58(82)41(16)64-19/h25,27,33-52,64,75-76H,26,28-32H2,1-24H3,(H,65,78)(H,66,77)(H,67,79)(H,68,80)(H,69,81)(H,87,88)/b27-25+/t38?,39-,40+,41-,42-,43-,44+,45+,46+,47+,48+,49+,50+,51+,52-/m1/s1. The van der Waals surface area contributed by atoms with Crippen molar-refractivity contribution >= 4 is 65.0 Å². The summed E-state index contributed by atoms with van der Waals surface area (Å²) in [6.45, 7) is 31.0. The van der Waals surface area contributed by atoms with Crippen LogP contribution in [-0.2, 0) is 52.7 Å². The van der Waals surface area contributed by atoms with E-state index in [9.17, 15) is 68.1 Å². The molecule has 0 saturated carbocycles. The lowest BCUT2D eigenvalue weighted by Crippen LogP contribution is -2.63. The van der Waals surface area contributed by atoms with Crippen LogP contribution in [0.5, 0.6) is 0 Å². The van der Waals surface area contributed by atoms with Crippen molar-refractivity contribution in [2.75, 3.05) is 42.3 Å². The third-order valence-corrected chi connectivity index (χ3v) is 16.1. The number of carbonyl (C=O) groups is 11. The van der Waals surface area contributed by atoms with Crippen molar-refractivity contribution in [2.24, 2.45) is 41.4 Å². The number of likely N-dealkylation sites (N-methyl/N-ethyl adjacent to an activating group) is 6. The van der Waals surface area contributed by atoms with Crippen molar-refractivity contribution in [3.8, 4) is 0 Å². The topological polar surface area (TPSA) is 337 Å². The Labute approximate surface area is 525 Å². The first kappa shape index (κ1) is 81.8. The summed E-state index contributed by atoms with van der Waals surface area (Å²) in [5, 5.41) is 47.8. The zero-order valence-electron chi connectivity index (χ0n) is 57.5. The van der Waals surface area contributed by atoms with E-state index >= 15 is 0 Å². The van der Waals surface area contributed by atoms with Crippen LogP contribution in [0.25, 0.3) is 0 Å². The van der Waals surface area contributed by atoms with Gasteiger partial charge >= 0.3 is 5.97 Å². The molecule has 0 aromatic carbocycles. The maximum absolute atomic E-state index is 14.8. The minimum Gasteiger partial charge on any atom is -0.480 e. The molecule has 0 rings (SSSR count). The van der Waals surface area contributed by atoms with Gasteiger partial charge in [0.05, 0.1) is 18.2 Å². The maximum atomic E-state index is 14.8. The van der Waals surface area contributed by atoms with E-state index in [2.05, 4.69) is 31.9 Å². The van der Waals surface area contributed by atoms with Crippen LogP contribution in [0.3, 0.4) is 0 Å². The Morgan fingerprint density at radius 2 is 0.818 bits per heavy atom. The molecule has 0 aliphatic carbocycles. The molecule has 0 aliphatic rings. The number of aliphatic carboxylic acids is 1. The minimum atomic E-state index is -1.78. The van der Waals surface area contributed by atoms with E-state index in [0.29, 0.717) is 6.42 Å². The predicted molar refractivity (Wildman–Crippen MR) is 338 cm³/mol. The van der Waals surface area contributed by atoms with E-state index in [4.69, 9.17) is 0 Å². The molecular formula is C63H115N11O14. The second-order valence-corrected chi connectivity index (χ2v) is 26.2. The summed E-state index contributed by atoms with van der Waals surface area (Å²) in [5.74, 6) is -10.3. The number of rotatable bonds is 38. The largest absolute Gasteiger partial charge is 0.480 e. The molecule has 0 saturated heterocycles. The number of aliphatic hydroxyl groups excluding tert-OH is 2. The monoisotopic (exact) mass is 1250 g/mol. The van der Waals surface area contributed by atoms with Gasteiger partial charge in [-0.25, -0.2) is 4.79 Å². The van der Waals surface area contributed by atoms with Crippen molar-refractivity contribution in [1.82, 2.24) is 56.4 Å². The van der Waals surface area contributed by atoms with E-state index in [-0.39, 0.29) is 67.6 Å². The lowest BCUT2D eigenvalue weighted by atomic mass is 9.91. The molecule has 1 unspecified atom stereocenters. The van der Waals surface area contributed by atoms with Gasteiger partial charge in [-0.2, -0.15) is 0 Å². The normalized spacial score (nSPS) is 16.9. The molecule has 0 aliphatic heterocycles.